The molecule has 0 saturated carbocycles. The minimum Gasteiger partial charge on any atom is -0.394 e. The van der Waals surface area contributed by atoms with Gasteiger partial charge in [-0.25, -0.2) is 0 Å². The molecule has 0 spiro atoms. The Kier molecular flexibility index (Phi) is 4.47. The van der Waals surface area contributed by atoms with E-state index in [-0.39, 0.29) is 6.61 Å². The monoisotopic (exact) mass is 243 g/mol. The number of nitrogens with zero attached hydrogens (tertiary/aromatic N) is 2. The fourth-order valence-corrected chi connectivity index (χ4v) is 1.53. The molecule has 1 fully saturated rings. The van der Waals surface area contributed by atoms with Gasteiger partial charge in [0.15, 0.2) is 0 Å². The average molecular weight is 243 g/mol. The Hall–Kier alpha value is -1.14. The molecule has 0 bridgehead atoms. The van der Waals surface area contributed by atoms with Crippen molar-refractivity contribution in [3.8, 4) is 0 Å². The van der Waals surface area contributed by atoms with E-state index in [0.29, 0.717) is 26.2 Å². The van der Waals surface area contributed by atoms with Gasteiger partial charge in [-0.15, -0.1) is 0 Å². The Morgan fingerprint density at radius 2 is 1.88 bits per heavy atom. The van der Waals surface area contributed by atoms with Crippen LogP contribution in [0, 0.1) is 0 Å². The van der Waals surface area contributed by atoms with Crippen molar-refractivity contribution in [1.82, 2.24) is 15.1 Å². The molecule has 6 nitrogen and oxygen atoms in total. The predicted octanol–water partition coefficient (Wildman–Crippen LogP) is -1.35. The molecule has 0 aliphatic carbocycles. The van der Waals surface area contributed by atoms with Gasteiger partial charge in [0.2, 0.25) is 0 Å². The highest BCUT2D eigenvalue weighted by Crippen LogP contribution is 2.12. The van der Waals surface area contributed by atoms with Crippen molar-refractivity contribution in [2.75, 3.05) is 39.8 Å². The zero-order chi connectivity index (χ0) is 13.1. The Morgan fingerprint density at radius 3 is 2.35 bits per heavy atom. The SMILES string of the molecule is CN(C(=O)C(=O)N1CCNCC1)C(C)(C)CO. The van der Waals surface area contributed by atoms with Crippen LogP contribution in [0.3, 0.4) is 0 Å². The molecule has 0 radical (unpaired) electrons. The van der Waals surface area contributed by atoms with Crippen LogP contribution in [0.1, 0.15) is 13.8 Å². The van der Waals surface area contributed by atoms with Gasteiger partial charge in [-0.3, -0.25) is 9.59 Å². The lowest BCUT2D eigenvalue weighted by atomic mass is 10.1. The van der Waals surface area contributed by atoms with Crippen LogP contribution in [-0.4, -0.2) is 72.1 Å². The van der Waals surface area contributed by atoms with Gasteiger partial charge < -0.3 is 20.2 Å². The van der Waals surface area contributed by atoms with E-state index in [9.17, 15) is 14.7 Å². The number of hydrogen-bond donors (Lipinski definition) is 2. The molecule has 98 valence electrons. The highest BCUT2D eigenvalue weighted by molar-refractivity contribution is 6.35. The largest absolute Gasteiger partial charge is 0.394 e. The first-order valence-electron chi connectivity index (χ1n) is 5.79. The van der Waals surface area contributed by atoms with Gasteiger partial charge in [0.25, 0.3) is 0 Å². The molecule has 0 aromatic rings. The minimum atomic E-state index is -0.721. The van der Waals surface area contributed by atoms with Crippen molar-refractivity contribution in [2.24, 2.45) is 0 Å². The van der Waals surface area contributed by atoms with Crippen LogP contribution in [-0.2, 0) is 9.59 Å². The summed E-state index contributed by atoms with van der Waals surface area (Å²) in [7, 11) is 1.54. The van der Waals surface area contributed by atoms with E-state index >= 15 is 0 Å². The summed E-state index contributed by atoms with van der Waals surface area (Å²) in [5.41, 5.74) is -0.721. The summed E-state index contributed by atoms with van der Waals surface area (Å²) in [6, 6.07) is 0. The predicted molar refractivity (Wildman–Crippen MR) is 63.4 cm³/mol. The number of carbonyl (C=O) groups excluding carboxylic acids is 2. The van der Waals surface area contributed by atoms with Gasteiger partial charge >= 0.3 is 11.8 Å². The summed E-state index contributed by atoms with van der Waals surface area (Å²) in [5, 5.41) is 12.3. The molecule has 1 heterocycles. The number of amides is 2. The fourth-order valence-electron chi connectivity index (χ4n) is 1.53. The van der Waals surface area contributed by atoms with E-state index in [4.69, 9.17) is 0 Å². The first kappa shape index (κ1) is 13.9. The second-order valence-corrected chi connectivity index (χ2v) is 4.88. The summed E-state index contributed by atoms with van der Waals surface area (Å²) in [6.07, 6.45) is 0. The second-order valence-electron chi connectivity index (χ2n) is 4.88. The van der Waals surface area contributed by atoms with E-state index in [1.165, 1.54) is 4.90 Å². The molecule has 0 unspecified atom stereocenters. The van der Waals surface area contributed by atoms with Gasteiger partial charge in [-0.2, -0.15) is 0 Å². The topological polar surface area (TPSA) is 72.9 Å². The Morgan fingerprint density at radius 1 is 1.35 bits per heavy atom. The summed E-state index contributed by atoms with van der Waals surface area (Å²) in [6.45, 7) is 5.80. The summed E-state index contributed by atoms with van der Waals surface area (Å²) in [4.78, 5) is 26.7. The number of carbonyl (C=O) groups is 2. The lowest BCUT2D eigenvalue weighted by molar-refractivity contribution is -0.155. The van der Waals surface area contributed by atoms with Crippen molar-refractivity contribution in [2.45, 2.75) is 19.4 Å². The molecule has 1 saturated heterocycles. The van der Waals surface area contributed by atoms with E-state index in [0.717, 1.165) is 0 Å². The standard InChI is InChI=1S/C11H21N3O3/c1-11(2,8-15)13(3)9(16)10(17)14-6-4-12-5-7-14/h12,15H,4-8H2,1-3H3. The number of hydrogen-bond acceptors (Lipinski definition) is 4. The third-order valence-electron chi connectivity index (χ3n) is 3.19. The molecule has 1 aliphatic rings. The van der Waals surface area contributed by atoms with Crippen LogP contribution in [0.5, 0.6) is 0 Å². The van der Waals surface area contributed by atoms with Gasteiger partial charge in [-0.05, 0) is 13.8 Å². The van der Waals surface area contributed by atoms with E-state index < -0.39 is 17.4 Å². The normalized spacial score (nSPS) is 16.8. The zero-order valence-corrected chi connectivity index (χ0v) is 10.7. The average Bonchev–Trinajstić information content (AvgIpc) is 2.37. The molecule has 2 N–H and O–H groups in total. The molecule has 1 aliphatic heterocycles. The minimum absolute atomic E-state index is 0.177. The smallest absolute Gasteiger partial charge is 0.312 e. The van der Waals surface area contributed by atoms with Crippen LogP contribution >= 0.6 is 0 Å². The first-order chi connectivity index (χ1) is 7.90. The highest BCUT2D eigenvalue weighted by Gasteiger charge is 2.33. The summed E-state index contributed by atoms with van der Waals surface area (Å²) in [5.74, 6) is -1.05. The molecule has 0 atom stereocenters. The fraction of sp³-hybridized carbons (Fsp3) is 0.818. The Balaban J connectivity index is 2.65. The Bertz CT molecular complexity index is 298. The van der Waals surface area contributed by atoms with E-state index in [1.807, 2.05) is 0 Å². The second kappa shape index (κ2) is 5.46. The third kappa shape index (κ3) is 3.17. The van der Waals surface area contributed by atoms with Crippen LogP contribution in [0.15, 0.2) is 0 Å². The molecule has 6 heteroatoms. The van der Waals surface area contributed by atoms with Crippen molar-refractivity contribution in [1.29, 1.82) is 0 Å². The molecule has 17 heavy (non-hydrogen) atoms. The van der Waals surface area contributed by atoms with Crippen molar-refractivity contribution in [3.63, 3.8) is 0 Å². The Labute approximate surface area is 102 Å². The maximum atomic E-state index is 12.0. The lowest BCUT2D eigenvalue weighted by Crippen LogP contribution is -2.56. The van der Waals surface area contributed by atoms with Crippen LogP contribution < -0.4 is 5.32 Å². The molecular formula is C11H21N3O3. The molecule has 0 aromatic heterocycles. The van der Waals surface area contributed by atoms with Gasteiger partial charge in [-0.1, -0.05) is 0 Å². The van der Waals surface area contributed by atoms with Gasteiger partial charge in [0.1, 0.15) is 0 Å². The zero-order valence-electron chi connectivity index (χ0n) is 10.7. The van der Waals surface area contributed by atoms with Crippen molar-refractivity contribution < 1.29 is 14.7 Å². The molecule has 1 rings (SSSR count). The number of aliphatic hydroxyl groups is 1. The highest BCUT2D eigenvalue weighted by atomic mass is 16.3. The number of likely N-dealkylation sites (N-methyl/N-ethyl adjacent to an activating group) is 1. The number of nitrogens with one attached hydrogen (secondary N) is 1. The molecule has 0 aromatic carbocycles. The van der Waals surface area contributed by atoms with Crippen LogP contribution in [0.4, 0.5) is 0 Å². The van der Waals surface area contributed by atoms with Crippen LogP contribution in [0.25, 0.3) is 0 Å². The number of aliphatic hydroxyl groups excluding tert-OH is 1. The van der Waals surface area contributed by atoms with Crippen molar-refractivity contribution >= 4 is 11.8 Å². The van der Waals surface area contributed by atoms with Crippen molar-refractivity contribution in [3.05, 3.63) is 0 Å². The molecular weight excluding hydrogens is 222 g/mol. The lowest BCUT2D eigenvalue weighted by Gasteiger charge is -2.35. The first-order valence-corrected chi connectivity index (χ1v) is 5.79. The summed E-state index contributed by atoms with van der Waals surface area (Å²) >= 11 is 0. The number of piperazine rings is 1. The van der Waals surface area contributed by atoms with Gasteiger partial charge in [0.05, 0.1) is 12.1 Å². The third-order valence-corrected chi connectivity index (χ3v) is 3.19. The van der Waals surface area contributed by atoms with E-state index in [2.05, 4.69) is 5.32 Å². The molecule has 2 amide bonds. The maximum Gasteiger partial charge on any atom is 0.312 e. The van der Waals surface area contributed by atoms with Crippen LogP contribution in [0.2, 0.25) is 0 Å². The summed E-state index contributed by atoms with van der Waals surface area (Å²) < 4.78 is 0. The quantitative estimate of drug-likeness (QED) is 0.588. The van der Waals surface area contributed by atoms with E-state index in [1.54, 1.807) is 25.8 Å². The van der Waals surface area contributed by atoms with Gasteiger partial charge in [0, 0.05) is 33.2 Å². The number of rotatable bonds is 2. The maximum absolute atomic E-state index is 12.0.